The molecule has 0 fully saturated rings. The zero-order chi connectivity index (χ0) is 26.5. The van der Waals surface area contributed by atoms with Gasteiger partial charge in [-0.3, -0.25) is 9.59 Å². The number of carboxylic acid groups (broad SMARTS) is 1. The molecular weight excluding hydrogens is 494 g/mol. The minimum absolute atomic E-state index is 0.0143. The van der Waals surface area contributed by atoms with E-state index in [2.05, 4.69) is 5.32 Å². The molecule has 2 aromatic carbocycles. The average Bonchev–Trinajstić information content (AvgIpc) is 3.21. The SMILES string of the molecule is O=C(O)CCNCC(=O)N1CCc2cc(OC/C=C/c3ccc(C(F)(F)F)cc3C(F)(F)F)ccc21. The van der Waals surface area contributed by atoms with Crippen LogP contribution in [0.3, 0.4) is 0 Å². The Balaban J connectivity index is 1.60. The van der Waals surface area contributed by atoms with Gasteiger partial charge in [-0.2, -0.15) is 26.3 Å². The molecule has 0 aromatic heterocycles. The quantitative estimate of drug-likeness (QED) is 0.371. The van der Waals surface area contributed by atoms with Crippen LogP contribution in [0.2, 0.25) is 0 Å². The first-order valence-corrected chi connectivity index (χ1v) is 10.8. The molecule has 3 rings (SSSR count). The van der Waals surface area contributed by atoms with Crippen LogP contribution in [-0.4, -0.2) is 43.2 Å². The van der Waals surface area contributed by atoms with Crippen LogP contribution in [0, 0.1) is 0 Å². The van der Waals surface area contributed by atoms with E-state index in [1.807, 2.05) is 0 Å². The lowest BCUT2D eigenvalue weighted by atomic mass is 10.0. The van der Waals surface area contributed by atoms with Crippen LogP contribution >= 0.6 is 0 Å². The molecule has 0 saturated heterocycles. The van der Waals surface area contributed by atoms with Gasteiger partial charge < -0.3 is 20.1 Å². The zero-order valence-corrected chi connectivity index (χ0v) is 18.7. The van der Waals surface area contributed by atoms with Crippen LogP contribution < -0.4 is 15.0 Å². The van der Waals surface area contributed by atoms with Crippen molar-refractivity contribution in [1.82, 2.24) is 5.32 Å². The summed E-state index contributed by atoms with van der Waals surface area (Å²) in [4.78, 5) is 24.5. The number of alkyl halides is 6. The van der Waals surface area contributed by atoms with Gasteiger partial charge >= 0.3 is 18.3 Å². The second-order valence-corrected chi connectivity index (χ2v) is 7.92. The lowest BCUT2D eigenvalue weighted by molar-refractivity contribution is -0.143. The number of nitrogens with zero attached hydrogens (tertiary/aromatic N) is 1. The van der Waals surface area contributed by atoms with Crippen molar-refractivity contribution in [3.05, 3.63) is 64.7 Å². The Bertz CT molecular complexity index is 1140. The predicted octanol–water partition coefficient (Wildman–Crippen LogP) is 4.77. The van der Waals surface area contributed by atoms with Gasteiger partial charge in [-0.1, -0.05) is 12.1 Å². The summed E-state index contributed by atoms with van der Waals surface area (Å²) in [5.74, 6) is -0.771. The monoisotopic (exact) mass is 516 g/mol. The number of nitrogens with one attached hydrogen (secondary N) is 1. The number of ether oxygens (including phenoxy) is 1. The third-order valence-corrected chi connectivity index (χ3v) is 5.37. The van der Waals surface area contributed by atoms with Gasteiger partial charge in [0.1, 0.15) is 12.4 Å². The van der Waals surface area contributed by atoms with E-state index in [0.717, 1.165) is 17.7 Å². The largest absolute Gasteiger partial charge is 0.490 e. The van der Waals surface area contributed by atoms with Crippen molar-refractivity contribution >= 4 is 23.6 Å². The third kappa shape index (κ3) is 7.00. The first kappa shape index (κ1) is 27.1. The summed E-state index contributed by atoms with van der Waals surface area (Å²) in [6.07, 6.45) is -7.08. The Labute approximate surface area is 202 Å². The van der Waals surface area contributed by atoms with E-state index in [1.54, 1.807) is 23.1 Å². The second kappa shape index (κ2) is 11.0. The molecule has 0 bridgehead atoms. The van der Waals surface area contributed by atoms with Crippen molar-refractivity contribution < 1.29 is 45.8 Å². The number of fused-ring (bicyclic) bond motifs is 1. The zero-order valence-electron chi connectivity index (χ0n) is 18.7. The number of rotatable bonds is 9. The van der Waals surface area contributed by atoms with Crippen molar-refractivity contribution in [2.75, 3.05) is 31.1 Å². The summed E-state index contributed by atoms with van der Waals surface area (Å²) < 4.78 is 83.6. The van der Waals surface area contributed by atoms with Crippen LogP contribution in [0.5, 0.6) is 5.75 Å². The Morgan fingerprint density at radius 2 is 1.81 bits per heavy atom. The maximum Gasteiger partial charge on any atom is 0.417 e. The molecule has 1 heterocycles. The number of carboxylic acids is 1. The number of anilines is 1. The number of benzene rings is 2. The maximum atomic E-state index is 13.2. The fraction of sp³-hybridized carbons (Fsp3) is 0.333. The minimum atomic E-state index is -4.96. The Kier molecular flexibility index (Phi) is 8.28. The predicted molar refractivity (Wildman–Crippen MR) is 119 cm³/mol. The molecule has 1 aliphatic heterocycles. The maximum absolute atomic E-state index is 13.2. The molecule has 12 heteroatoms. The van der Waals surface area contributed by atoms with Crippen molar-refractivity contribution in [2.45, 2.75) is 25.2 Å². The molecule has 0 unspecified atom stereocenters. The molecule has 0 saturated carbocycles. The highest BCUT2D eigenvalue weighted by Crippen LogP contribution is 2.38. The summed E-state index contributed by atoms with van der Waals surface area (Å²) in [6, 6.07) is 6.40. The van der Waals surface area contributed by atoms with Crippen LogP contribution in [0.15, 0.2) is 42.5 Å². The molecule has 2 aromatic rings. The molecular formula is C24H22F6N2O4. The molecule has 1 amide bonds. The normalized spacial score (nSPS) is 13.8. The van der Waals surface area contributed by atoms with E-state index >= 15 is 0 Å². The van der Waals surface area contributed by atoms with Gasteiger partial charge in [0.15, 0.2) is 0 Å². The average molecular weight is 516 g/mol. The van der Waals surface area contributed by atoms with Gasteiger partial charge in [-0.25, -0.2) is 0 Å². The van der Waals surface area contributed by atoms with Crippen LogP contribution in [-0.2, 0) is 28.4 Å². The van der Waals surface area contributed by atoms with Gasteiger partial charge in [0.25, 0.3) is 0 Å². The molecule has 1 aliphatic rings. The van der Waals surface area contributed by atoms with Crippen molar-refractivity contribution in [3.63, 3.8) is 0 Å². The summed E-state index contributed by atoms with van der Waals surface area (Å²) in [6.45, 7) is 0.457. The number of carbonyl (C=O) groups is 2. The second-order valence-electron chi connectivity index (χ2n) is 7.92. The molecule has 36 heavy (non-hydrogen) atoms. The number of aliphatic carboxylic acids is 1. The molecule has 0 spiro atoms. The summed E-state index contributed by atoms with van der Waals surface area (Å²) in [5, 5.41) is 11.4. The first-order valence-electron chi connectivity index (χ1n) is 10.8. The summed E-state index contributed by atoms with van der Waals surface area (Å²) in [5.41, 5.74) is -1.68. The molecule has 2 N–H and O–H groups in total. The molecule has 194 valence electrons. The molecule has 6 nitrogen and oxygen atoms in total. The van der Waals surface area contributed by atoms with Crippen LogP contribution in [0.1, 0.15) is 28.7 Å². The van der Waals surface area contributed by atoms with E-state index in [0.29, 0.717) is 30.5 Å². The molecule has 0 atom stereocenters. The summed E-state index contributed by atoms with van der Waals surface area (Å²) in [7, 11) is 0. The smallest absolute Gasteiger partial charge is 0.417 e. The number of amides is 1. The van der Waals surface area contributed by atoms with E-state index < -0.39 is 35.0 Å². The van der Waals surface area contributed by atoms with Gasteiger partial charge in [-0.15, -0.1) is 0 Å². The fourth-order valence-electron chi connectivity index (χ4n) is 3.66. The number of halogens is 6. The van der Waals surface area contributed by atoms with Crippen LogP contribution in [0.4, 0.5) is 32.0 Å². The molecule has 0 aliphatic carbocycles. The fourth-order valence-corrected chi connectivity index (χ4v) is 3.66. The van der Waals surface area contributed by atoms with E-state index in [4.69, 9.17) is 9.84 Å². The Morgan fingerprint density at radius 3 is 2.47 bits per heavy atom. The van der Waals surface area contributed by atoms with Gasteiger partial charge in [0, 0.05) is 18.8 Å². The Hall–Kier alpha value is -3.54. The third-order valence-electron chi connectivity index (χ3n) is 5.37. The highest BCUT2D eigenvalue weighted by Gasteiger charge is 2.37. The Morgan fingerprint density at radius 1 is 1.06 bits per heavy atom. The van der Waals surface area contributed by atoms with Crippen molar-refractivity contribution in [1.29, 1.82) is 0 Å². The van der Waals surface area contributed by atoms with Gasteiger partial charge in [-0.05, 0) is 54.0 Å². The van der Waals surface area contributed by atoms with Gasteiger partial charge in [0.2, 0.25) is 5.91 Å². The number of hydrogen-bond donors (Lipinski definition) is 2. The van der Waals surface area contributed by atoms with Crippen molar-refractivity contribution in [3.8, 4) is 5.75 Å². The van der Waals surface area contributed by atoms with Crippen LogP contribution in [0.25, 0.3) is 6.08 Å². The van der Waals surface area contributed by atoms with E-state index in [-0.39, 0.29) is 38.1 Å². The molecule has 0 radical (unpaired) electrons. The topological polar surface area (TPSA) is 78.9 Å². The lowest BCUT2D eigenvalue weighted by Gasteiger charge is -2.18. The van der Waals surface area contributed by atoms with Crippen molar-refractivity contribution in [2.24, 2.45) is 0 Å². The van der Waals surface area contributed by atoms with E-state index in [9.17, 15) is 35.9 Å². The lowest BCUT2D eigenvalue weighted by Crippen LogP contribution is -2.37. The summed E-state index contributed by atoms with van der Waals surface area (Å²) >= 11 is 0. The first-order chi connectivity index (χ1) is 16.9. The minimum Gasteiger partial charge on any atom is -0.490 e. The van der Waals surface area contributed by atoms with Gasteiger partial charge in [0.05, 0.1) is 24.1 Å². The number of carbonyl (C=O) groups excluding carboxylic acids is 1. The highest BCUT2D eigenvalue weighted by atomic mass is 19.4. The standard InChI is InChI=1S/C24H22F6N2O4/c25-23(26,27)17-4-3-15(19(13-17)24(28,29)30)2-1-11-36-18-5-6-20-16(12-18)8-10-32(20)21(33)14-31-9-7-22(34)35/h1-6,12-13,31H,7-11,14H2,(H,34,35)/b2-1+. The highest BCUT2D eigenvalue weighted by molar-refractivity contribution is 5.96. The number of hydrogen-bond acceptors (Lipinski definition) is 4. The van der Waals surface area contributed by atoms with E-state index in [1.165, 1.54) is 6.08 Å².